The van der Waals surface area contributed by atoms with Gasteiger partial charge < -0.3 is 10.6 Å². The zero-order valence-electron chi connectivity index (χ0n) is 21.1. The number of H-pyrrole nitrogens is 1. The molecule has 0 aromatic carbocycles. The highest BCUT2D eigenvalue weighted by Gasteiger charge is 2.32. The maximum Gasteiger partial charge on any atom is 0.270 e. The van der Waals surface area contributed by atoms with Crippen LogP contribution in [-0.4, -0.2) is 42.8 Å². The number of allylic oxidation sites excluding steroid dienone is 2. The van der Waals surface area contributed by atoms with Gasteiger partial charge in [0.25, 0.3) is 5.91 Å². The molecular formula is C27H32FN7O2. The van der Waals surface area contributed by atoms with Gasteiger partial charge in [-0.2, -0.15) is 10.2 Å². The molecule has 3 aromatic rings. The van der Waals surface area contributed by atoms with E-state index in [0.717, 1.165) is 32.1 Å². The summed E-state index contributed by atoms with van der Waals surface area (Å²) in [6.45, 7) is 11.1. The van der Waals surface area contributed by atoms with Crippen molar-refractivity contribution >= 4 is 17.5 Å². The third-order valence-electron chi connectivity index (χ3n) is 6.83. The van der Waals surface area contributed by atoms with Gasteiger partial charge in [0, 0.05) is 23.5 Å². The first kappa shape index (κ1) is 26.0. The van der Waals surface area contributed by atoms with E-state index in [1.54, 1.807) is 32.1 Å². The van der Waals surface area contributed by atoms with E-state index in [1.807, 2.05) is 0 Å². The van der Waals surface area contributed by atoms with Crippen LogP contribution in [0.5, 0.6) is 0 Å². The highest BCUT2D eigenvalue weighted by Crippen LogP contribution is 2.29. The minimum Gasteiger partial charge on any atom is -0.339 e. The van der Waals surface area contributed by atoms with E-state index in [4.69, 9.17) is 0 Å². The van der Waals surface area contributed by atoms with E-state index in [2.05, 4.69) is 44.1 Å². The summed E-state index contributed by atoms with van der Waals surface area (Å²) in [4.78, 5) is 31.0. The summed E-state index contributed by atoms with van der Waals surface area (Å²) >= 11 is 0. The number of amides is 2. The number of aromatic amines is 1. The Morgan fingerprint density at radius 2 is 1.95 bits per heavy atom. The summed E-state index contributed by atoms with van der Waals surface area (Å²) in [5.74, 6) is -1.47. The Kier molecular flexibility index (Phi) is 7.95. The average Bonchev–Trinajstić information content (AvgIpc) is 3.51. The Balaban J connectivity index is 1.56. The summed E-state index contributed by atoms with van der Waals surface area (Å²) in [5.41, 5.74) is 2.60. The molecule has 10 heteroatoms. The van der Waals surface area contributed by atoms with Crippen LogP contribution in [0.2, 0.25) is 0 Å². The van der Waals surface area contributed by atoms with Crippen molar-refractivity contribution in [3.05, 3.63) is 72.7 Å². The van der Waals surface area contributed by atoms with Crippen molar-refractivity contribution in [1.29, 1.82) is 0 Å². The largest absolute Gasteiger partial charge is 0.339 e. The molecule has 1 fully saturated rings. The molecule has 4 rings (SSSR count). The van der Waals surface area contributed by atoms with Gasteiger partial charge >= 0.3 is 0 Å². The molecule has 194 valence electrons. The first-order valence-electron chi connectivity index (χ1n) is 12.4. The molecule has 3 aromatic heterocycles. The molecule has 0 aliphatic heterocycles. The molecule has 1 atom stereocenters. The monoisotopic (exact) mass is 505 g/mol. The molecule has 0 saturated heterocycles. The SMILES string of the molecule is C=CC(C=C)n1nccc1C(=O)N[C@H](C(=O)Nc1cnc(-c2c(C)n[nH]c2C)c(F)c1)C1CCCCC1. The van der Waals surface area contributed by atoms with Crippen molar-refractivity contribution < 1.29 is 14.0 Å². The number of hydrogen-bond donors (Lipinski definition) is 3. The number of carbonyl (C=O) groups excluding carboxylic acids is 2. The van der Waals surface area contributed by atoms with E-state index in [-0.39, 0.29) is 23.3 Å². The molecule has 9 nitrogen and oxygen atoms in total. The number of aromatic nitrogens is 5. The Bertz CT molecular complexity index is 1280. The first-order valence-corrected chi connectivity index (χ1v) is 12.4. The second-order valence-electron chi connectivity index (χ2n) is 9.32. The molecule has 1 aliphatic rings. The molecule has 2 amide bonds. The van der Waals surface area contributed by atoms with Crippen molar-refractivity contribution in [3.8, 4) is 11.3 Å². The van der Waals surface area contributed by atoms with Gasteiger partial charge in [0.15, 0.2) is 5.82 Å². The number of pyridine rings is 1. The second kappa shape index (κ2) is 11.3. The topological polar surface area (TPSA) is 118 Å². The fourth-order valence-corrected chi connectivity index (χ4v) is 4.92. The van der Waals surface area contributed by atoms with Crippen molar-refractivity contribution in [1.82, 2.24) is 30.3 Å². The van der Waals surface area contributed by atoms with Crippen LogP contribution < -0.4 is 10.6 Å². The lowest BCUT2D eigenvalue weighted by molar-refractivity contribution is -0.119. The molecule has 3 heterocycles. The lowest BCUT2D eigenvalue weighted by atomic mass is 9.83. The quantitative estimate of drug-likeness (QED) is 0.366. The molecular weight excluding hydrogens is 473 g/mol. The van der Waals surface area contributed by atoms with Gasteiger partial charge in [-0.3, -0.25) is 19.7 Å². The molecule has 0 spiro atoms. The summed E-state index contributed by atoms with van der Waals surface area (Å²) in [7, 11) is 0. The predicted molar refractivity (Wildman–Crippen MR) is 139 cm³/mol. The van der Waals surface area contributed by atoms with Gasteiger partial charge in [-0.1, -0.05) is 31.4 Å². The minimum atomic E-state index is -0.803. The lowest BCUT2D eigenvalue weighted by Gasteiger charge is -2.30. The third-order valence-corrected chi connectivity index (χ3v) is 6.83. The van der Waals surface area contributed by atoms with Crippen LogP contribution in [0.3, 0.4) is 0 Å². The molecule has 1 saturated carbocycles. The Labute approximate surface area is 215 Å². The van der Waals surface area contributed by atoms with Crippen molar-refractivity contribution in [2.75, 3.05) is 5.32 Å². The summed E-state index contributed by atoms with van der Waals surface area (Å²) in [6.07, 6.45) is 10.8. The van der Waals surface area contributed by atoms with Gasteiger partial charge in [0.1, 0.15) is 17.4 Å². The van der Waals surface area contributed by atoms with E-state index >= 15 is 4.39 Å². The number of rotatable bonds is 9. The Hall–Kier alpha value is -4.08. The van der Waals surface area contributed by atoms with Crippen LogP contribution in [0.4, 0.5) is 10.1 Å². The van der Waals surface area contributed by atoms with Gasteiger partial charge in [-0.15, -0.1) is 13.2 Å². The van der Waals surface area contributed by atoms with Crippen molar-refractivity contribution in [3.63, 3.8) is 0 Å². The minimum absolute atomic E-state index is 0.0445. The van der Waals surface area contributed by atoms with Crippen molar-refractivity contribution in [2.24, 2.45) is 5.92 Å². The zero-order valence-corrected chi connectivity index (χ0v) is 21.1. The van der Waals surface area contributed by atoms with Crippen LogP contribution in [0.1, 0.15) is 60.0 Å². The molecule has 1 aliphatic carbocycles. The number of nitrogens with one attached hydrogen (secondary N) is 3. The van der Waals surface area contributed by atoms with Crippen LogP contribution >= 0.6 is 0 Å². The van der Waals surface area contributed by atoms with E-state index in [9.17, 15) is 9.59 Å². The predicted octanol–water partition coefficient (Wildman–Crippen LogP) is 4.65. The van der Waals surface area contributed by atoms with Crippen LogP contribution in [-0.2, 0) is 4.79 Å². The van der Waals surface area contributed by atoms with Gasteiger partial charge in [0.05, 0.1) is 23.6 Å². The Morgan fingerprint density at radius 1 is 1.22 bits per heavy atom. The number of hydrogen-bond acceptors (Lipinski definition) is 5. The molecule has 37 heavy (non-hydrogen) atoms. The lowest BCUT2D eigenvalue weighted by Crippen LogP contribution is -2.49. The number of halogens is 1. The van der Waals surface area contributed by atoms with Gasteiger partial charge in [0.2, 0.25) is 5.91 Å². The van der Waals surface area contributed by atoms with E-state index < -0.39 is 23.7 Å². The van der Waals surface area contributed by atoms with Crippen LogP contribution in [0.15, 0.2) is 49.8 Å². The van der Waals surface area contributed by atoms with Crippen molar-refractivity contribution in [2.45, 2.75) is 58.0 Å². The fraction of sp³-hybridized carbons (Fsp3) is 0.370. The maximum atomic E-state index is 15.0. The first-order chi connectivity index (χ1) is 17.8. The molecule has 0 bridgehead atoms. The second-order valence-corrected chi connectivity index (χ2v) is 9.32. The van der Waals surface area contributed by atoms with E-state index in [0.29, 0.717) is 22.6 Å². The standard InChI is InChI=1S/C27H32FN7O2/c1-5-20(6-2)35-22(12-13-30-35)26(36)32-24(18-10-8-7-9-11-18)27(37)31-19-14-21(28)25(29-15-19)23-16(3)33-34-17(23)4/h5-6,12-15,18,20,24H,1-2,7-11H2,3-4H3,(H,31,37)(H,32,36)(H,33,34)/t24-/m0/s1. The smallest absolute Gasteiger partial charge is 0.270 e. The number of aryl methyl sites for hydroxylation is 2. The van der Waals surface area contributed by atoms with Crippen LogP contribution in [0, 0.1) is 25.6 Å². The highest BCUT2D eigenvalue weighted by molar-refractivity contribution is 6.00. The normalized spacial score (nSPS) is 14.8. The summed E-state index contributed by atoms with van der Waals surface area (Å²) in [6, 6.07) is 1.65. The number of carbonyl (C=O) groups is 2. The third kappa shape index (κ3) is 5.52. The maximum absolute atomic E-state index is 15.0. The van der Waals surface area contributed by atoms with E-state index in [1.165, 1.54) is 23.1 Å². The summed E-state index contributed by atoms with van der Waals surface area (Å²) in [5, 5.41) is 16.8. The molecule has 3 N–H and O–H groups in total. The molecule has 0 unspecified atom stereocenters. The van der Waals surface area contributed by atoms with Crippen LogP contribution in [0.25, 0.3) is 11.3 Å². The zero-order chi connectivity index (χ0) is 26.5. The Morgan fingerprint density at radius 3 is 2.57 bits per heavy atom. The highest BCUT2D eigenvalue weighted by atomic mass is 19.1. The number of nitrogens with zero attached hydrogens (tertiary/aromatic N) is 4. The number of anilines is 1. The fourth-order valence-electron chi connectivity index (χ4n) is 4.92. The van der Waals surface area contributed by atoms with Gasteiger partial charge in [-0.25, -0.2) is 9.07 Å². The molecule has 0 radical (unpaired) electrons. The van der Waals surface area contributed by atoms with Gasteiger partial charge in [-0.05, 0) is 38.7 Å². The average molecular weight is 506 g/mol. The summed E-state index contributed by atoms with van der Waals surface area (Å²) < 4.78 is 16.5.